The van der Waals surface area contributed by atoms with Gasteiger partial charge in [-0.15, -0.1) is 0 Å². The van der Waals surface area contributed by atoms with Crippen molar-refractivity contribution in [1.82, 2.24) is 9.47 Å². The maximum absolute atomic E-state index is 11.4. The maximum atomic E-state index is 11.4. The van der Waals surface area contributed by atoms with E-state index in [1.165, 1.54) is 0 Å². The van der Waals surface area contributed by atoms with Gasteiger partial charge in [0.25, 0.3) is 5.69 Å². The zero-order valence-corrected chi connectivity index (χ0v) is 14.0. The van der Waals surface area contributed by atoms with Crippen molar-refractivity contribution in [3.8, 4) is 5.69 Å². The summed E-state index contributed by atoms with van der Waals surface area (Å²) in [4.78, 5) is 13.5. The van der Waals surface area contributed by atoms with Gasteiger partial charge in [-0.2, -0.15) is 0 Å². The summed E-state index contributed by atoms with van der Waals surface area (Å²) in [5.74, 6) is 0. The number of hydrogen-bond acceptors (Lipinski definition) is 4. The Hall–Kier alpha value is -2.18. The molecule has 2 aromatic rings. The third-order valence-corrected chi connectivity index (χ3v) is 4.43. The van der Waals surface area contributed by atoms with Crippen LogP contribution in [0.15, 0.2) is 36.5 Å². The minimum absolute atomic E-state index is 0.153. The lowest BCUT2D eigenvalue weighted by Crippen LogP contribution is -2.37. The number of morpholine rings is 1. The molecule has 0 bridgehead atoms. The number of hydrogen-bond donors (Lipinski definition) is 0. The first-order valence-electron chi connectivity index (χ1n) is 8.37. The normalized spacial score (nSPS) is 15.5. The average molecular weight is 329 g/mol. The van der Waals surface area contributed by atoms with E-state index in [1.54, 1.807) is 6.07 Å². The molecule has 0 aliphatic carbocycles. The van der Waals surface area contributed by atoms with Gasteiger partial charge in [-0.1, -0.05) is 6.07 Å². The van der Waals surface area contributed by atoms with Crippen molar-refractivity contribution >= 4 is 5.69 Å². The largest absolute Gasteiger partial charge is 0.379 e. The molecule has 0 atom stereocenters. The van der Waals surface area contributed by atoms with Crippen LogP contribution in [-0.2, 0) is 11.2 Å². The highest BCUT2D eigenvalue weighted by Crippen LogP contribution is 2.26. The van der Waals surface area contributed by atoms with Crippen LogP contribution >= 0.6 is 0 Å². The Morgan fingerprint density at radius 1 is 1.25 bits per heavy atom. The highest BCUT2D eigenvalue weighted by Gasteiger charge is 2.17. The molecule has 0 amide bonds. The van der Waals surface area contributed by atoms with Crippen molar-refractivity contribution in [1.29, 1.82) is 0 Å². The monoisotopic (exact) mass is 329 g/mol. The van der Waals surface area contributed by atoms with Crippen molar-refractivity contribution in [3.05, 3.63) is 57.9 Å². The zero-order chi connectivity index (χ0) is 16.9. The number of rotatable bonds is 6. The smallest absolute Gasteiger partial charge is 0.293 e. The minimum Gasteiger partial charge on any atom is -0.379 e. The number of nitro groups is 1. The van der Waals surface area contributed by atoms with Gasteiger partial charge < -0.3 is 9.30 Å². The summed E-state index contributed by atoms with van der Waals surface area (Å²) in [6, 6.07) is 9.38. The third-order valence-electron chi connectivity index (χ3n) is 4.43. The Balaban J connectivity index is 1.72. The molecule has 0 spiro atoms. The molecule has 1 fully saturated rings. The van der Waals surface area contributed by atoms with E-state index in [4.69, 9.17) is 4.74 Å². The van der Waals surface area contributed by atoms with Crippen LogP contribution in [0, 0.1) is 17.0 Å². The fourth-order valence-corrected chi connectivity index (χ4v) is 3.15. The predicted octanol–water partition coefficient (Wildman–Crippen LogP) is 2.96. The molecule has 24 heavy (non-hydrogen) atoms. The summed E-state index contributed by atoms with van der Waals surface area (Å²) < 4.78 is 7.31. The van der Waals surface area contributed by atoms with Crippen molar-refractivity contribution in [2.45, 2.75) is 19.8 Å². The van der Waals surface area contributed by atoms with E-state index in [-0.39, 0.29) is 10.6 Å². The van der Waals surface area contributed by atoms with E-state index in [2.05, 4.69) is 4.90 Å². The molecule has 1 aliphatic heterocycles. The number of ether oxygens (including phenoxy) is 1. The van der Waals surface area contributed by atoms with Crippen molar-refractivity contribution in [3.63, 3.8) is 0 Å². The summed E-state index contributed by atoms with van der Waals surface area (Å²) in [6.07, 6.45) is 3.83. The fourth-order valence-electron chi connectivity index (χ4n) is 3.15. The number of nitrogens with zero attached hydrogens (tertiary/aromatic N) is 3. The van der Waals surface area contributed by atoms with Gasteiger partial charge in [0.2, 0.25) is 0 Å². The number of nitro benzene ring substituents is 1. The van der Waals surface area contributed by atoms with Gasteiger partial charge in [0.15, 0.2) is 0 Å². The Kier molecular flexibility index (Phi) is 5.27. The molecule has 1 aliphatic rings. The summed E-state index contributed by atoms with van der Waals surface area (Å²) in [5, 5.41) is 11.4. The van der Waals surface area contributed by atoms with Gasteiger partial charge >= 0.3 is 0 Å². The molecule has 3 rings (SSSR count). The van der Waals surface area contributed by atoms with E-state index < -0.39 is 0 Å². The SMILES string of the molecule is Cc1ccc(-n2cccc2CCCN2CCOCC2)c([N+](=O)[O-])c1. The van der Waals surface area contributed by atoms with Crippen molar-refractivity contribution < 1.29 is 9.66 Å². The summed E-state index contributed by atoms with van der Waals surface area (Å²) in [5.41, 5.74) is 2.79. The average Bonchev–Trinajstić information content (AvgIpc) is 3.04. The van der Waals surface area contributed by atoms with Crippen LogP contribution in [0.25, 0.3) is 5.69 Å². The second-order valence-electron chi connectivity index (χ2n) is 6.18. The second-order valence-corrected chi connectivity index (χ2v) is 6.18. The first-order chi connectivity index (χ1) is 11.6. The quantitative estimate of drug-likeness (QED) is 0.604. The highest BCUT2D eigenvalue weighted by molar-refractivity contribution is 5.55. The van der Waals surface area contributed by atoms with Gasteiger partial charge in [-0.3, -0.25) is 15.0 Å². The van der Waals surface area contributed by atoms with Gasteiger partial charge in [-0.25, -0.2) is 0 Å². The van der Waals surface area contributed by atoms with Crippen LogP contribution < -0.4 is 0 Å². The summed E-state index contributed by atoms with van der Waals surface area (Å²) in [6.45, 7) is 6.51. The molecular formula is C18H23N3O3. The lowest BCUT2D eigenvalue weighted by molar-refractivity contribution is -0.384. The number of aromatic nitrogens is 1. The minimum atomic E-state index is -0.306. The van der Waals surface area contributed by atoms with E-state index in [0.717, 1.165) is 56.9 Å². The first-order valence-corrected chi connectivity index (χ1v) is 8.37. The Bertz CT molecular complexity index is 705. The summed E-state index contributed by atoms with van der Waals surface area (Å²) >= 11 is 0. The fraction of sp³-hybridized carbons (Fsp3) is 0.444. The van der Waals surface area contributed by atoms with Crippen LogP contribution in [0.1, 0.15) is 17.7 Å². The van der Waals surface area contributed by atoms with Crippen LogP contribution in [0.2, 0.25) is 0 Å². The van der Waals surface area contributed by atoms with Gasteiger partial charge in [0.1, 0.15) is 5.69 Å². The van der Waals surface area contributed by atoms with Gasteiger partial charge in [0, 0.05) is 31.0 Å². The van der Waals surface area contributed by atoms with Crippen LogP contribution in [0.3, 0.4) is 0 Å². The van der Waals surface area contributed by atoms with Crippen LogP contribution in [0.5, 0.6) is 0 Å². The molecular weight excluding hydrogens is 306 g/mol. The first kappa shape index (κ1) is 16.7. The lowest BCUT2D eigenvalue weighted by atomic mass is 10.1. The molecule has 0 saturated carbocycles. The second kappa shape index (κ2) is 7.59. The molecule has 0 unspecified atom stereocenters. The lowest BCUT2D eigenvalue weighted by Gasteiger charge is -2.26. The molecule has 0 N–H and O–H groups in total. The predicted molar refractivity (Wildman–Crippen MR) is 92.7 cm³/mol. The topological polar surface area (TPSA) is 60.5 Å². The standard InChI is InChI=1S/C18H23N3O3/c1-15-6-7-17(18(14-15)21(22)23)20-9-3-5-16(20)4-2-8-19-10-12-24-13-11-19/h3,5-7,9,14H,2,4,8,10-13H2,1H3. The van der Waals surface area contributed by atoms with E-state index >= 15 is 0 Å². The van der Waals surface area contributed by atoms with Gasteiger partial charge in [0.05, 0.1) is 18.1 Å². The molecule has 6 nitrogen and oxygen atoms in total. The molecule has 1 saturated heterocycles. The van der Waals surface area contributed by atoms with E-state index in [9.17, 15) is 10.1 Å². The molecule has 0 radical (unpaired) electrons. The van der Waals surface area contributed by atoms with Crippen molar-refractivity contribution in [2.75, 3.05) is 32.8 Å². The molecule has 6 heteroatoms. The van der Waals surface area contributed by atoms with Crippen LogP contribution in [-0.4, -0.2) is 47.2 Å². The molecule has 2 heterocycles. The van der Waals surface area contributed by atoms with E-state index in [1.807, 2.05) is 42.0 Å². The zero-order valence-electron chi connectivity index (χ0n) is 14.0. The number of aryl methyl sites for hydroxylation is 2. The number of benzene rings is 1. The van der Waals surface area contributed by atoms with E-state index in [0.29, 0.717) is 5.69 Å². The maximum Gasteiger partial charge on any atom is 0.293 e. The Morgan fingerprint density at radius 2 is 2.04 bits per heavy atom. The molecule has 1 aromatic carbocycles. The van der Waals surface area contributed by atoms with Crippen LogP contribution in [0.4, 0.5) is 5.69 Å². The third kappa shape index (κ3) is 3.83. The Labute approximate surface area is 141 Å². The highest BCUT2D eigenvalue weighted by atomic mass is 16.6. The van der Waals surface area contributed by atoms with Crippen molar-refractivity contribution in [2.24, 2.45) is 0 Å². The Morgan fingerprint density at radius 3 is 2.79 bits per heavy atom. The summed E-state index contributed by atoms with van der Waals surface area (Å²) in [7, 11) is 0. The molecule has 128 valence electrons. The molecule has 1 aromatic heterocycles. The van der Waals surface area contributed by atoms with Gasteiger partial charge in [-0.05, 0) is 50.1 Å².